The van der Waals surface area contributed by atoms with Gasteiger partial charge in [-0.2, -0.15) is 4.98 Å². The van der Waals surface area contributed by atoms with Crippen LogP contribution in [0, 0.1) is 12.8 Å². The van der Waals surface area contributed by atoms with Crippen LogP contribution in [-0.2, 0) is 0 Å². The molecule has 2 heterocycles. The van der Waals surface area contributed by atoms with E-state index in [2.05, 4.69) is 22.0 Å². The monoisotopic (exact) mass is 313 g/mol. The van der Waals surface area contributed by atoms with Crippen LogP contribution in [0.15, 0.2) is 22.9 Å². The molecule has 0 aliphatic heterocycles. The van der Waals surface area contributed by atoms with Crippen LogP contribution in [0.5, 0.6) is 0 Å². The van der Waals surface area contributed by atoms with Crippen LogP contribution in [0.2, 0.25) is 0 Å². The van der Waals surface area contributed by atoms with Crippen molar-refractivity contribution in [2.24, 2.45) is 5.92 Å². The summed E-state index contributed by atoms with van der Waals surface area (Å²) in [5.41, 5.74) is 1.93. The Morgan fingerprint density at radius 2 is 2.00 bits per heavy atom. The molecular formula is C19H27N3O. The van der Waals surface area contributed by atoms with Crippen molar-refractivity contribution < 1.29 is 4.52 Å². The van der Waals surface area contributed by atoms with Crippen LogP contribution in [-0.4, -0.2) is 15.1 Å². The molecule has 0 bridgehead atoms. The van der Waals surface area contributed by atoms with Crippen LogP contribution in [0.3, 0.4) is 0 Å². The lowest BCUT2D eigenvalue weighted by Gasteiger charge is -2.26. The average molecular weight is 313 g/mol. The van der Waals surface area contributed by atoms with Gasteiger partial charge in [0, 0.05) is 23.4 Å². The normalized spacial score (nSPS) is 21.5. The maximum Gasteiger partial charge on any atom is 0.258 e. The Hall–Kier alpha value is -1.71. The number of aromatic nitrogens is 3. The van der Waals surface area contributed by atoms with Crippen molar-refractivity contribution in [2.75, 3.05) is 0 Å². The number of hydrogen-bond donors (Lipinski definition) is 0. The van der Waals surface area contributed by atoms with Crippen LogP contribution in [0.4, 0.5) is 0 Å². The van der Waals surface area contributed by atoms with E-state index in [1.165, 1.54) is 51.4 Å². The first-order valence-electron chi connectivity index (χ1n) is 9.03. The van der Waals surface area contributed by atoms with Gasteiger partial charge in [-0.15, -0.1) is 0 Å². The maximum atomic E-state index is 5.48. The van der Waals surface area contributed by atoms with E-state index in [9.17, 15) is 0 Å². The standard InChI is InChI=1S/C19H27N3O/c1-3-4-5-6-15-7-9-16(10-8-15)18-21-19(23-22-18)17-11-12-20-14(2)13-17/h11-13,15-16H,3-10H2,1-2H3/t15-,16-. The van der Waals surface area contributed by atoms with E-state index in [1.807, 2.05) is 19.1 Å². The van der Waals surface area contributed by atoms with Gasteiger partial charge in [0.05, 0.1) is 0 Å². The summed E-state index contributed by atoms with van der Waals surface area (Å²) in [6, 6.07) is 3.91. The number of aryl methyl sites for hydroxylation is 1. The van der Waals surface area contributed by atoms with Crippen LogP contribution in [0.25, 0.3) is 11.5 Å². The van der Waals surface area contributed by atoms with Crippen molar-refractivity contribution in [3.8, 4) is 11.5 Å². The molecule has 1 aliphatic rings. The minimum Gasteiger partial charge on any atom is -0.334 e. The van der Waals surface area contributed by atoms with Gasteiger partial charge in [-0.05, 0) is 50.7 Å². The van der Waals surface area contributed by atoms with E-state index < -0.39 is 0 Å². The molecule has 0 unspecified atom stereocenters. The molecule has 3 rings (SSSR count). The van der Waals surface area contributed by atoms with E-state index in [0.29, 0.717) is 11.8 Å². The van der Waals surface area contributed by atoms with Crippen molar-refractivity contribution in [3.05, 3.63) is 29.8 Å². The van der Waals surface area contributed by atoms with Gasteiger partial charge in [-0.25, -0.2) is 0 Å². The average Bonchev–Trinajstić information content (AvgIpc) is 3.06. The van der Waals surface area contributed by atoms with Crippen molar-refractivity contribution >= 4 is 0 Å². The van der Waals surface area contributed by atoms with E-state index in [4.69, 9.17) is 4.52 Å². The molecule has 0 N–H and O–H groups in total. The number of unbranched alkanes of at least 4 members (excludes halogenated alkanes) is 2. The summed E-state index contributed by atoms with van der Waals surface area (Å²) in [7, 11) is 0. The minimum absolute atomic E-state index is 0.470. The van der Waals surface area contributed by atoms with Gasteiger partial charge in [0.15, 0.2) is 5.82 Å². The topological polar surface area (TPSA) is 51.8 Å². The van der Waals surface area contributed by atoms with Gasteiger partial charge in [0.25, 0.3) is 5.89 Å². The van der Waals surface area contributed by atoms with E-state index in [1.54, 1.807) is 6.20 Å². The summed E-state index contributed by atoms with van der Waals surface area (Å²) in [6.45, 7) is 4.25. The molecular weight excluding hydrogens is 286 g/mol. The van der Waals surface area contributed by atoms with Crippen LogP contribution in [0.1, 0.15) is 75.7 Å². The lowest BCUT2D eigenvalue weighted by Crippen LogP contribution is -2.14. The first-order valence-corrected chi connectivity index (χ1v) is 9.03. The quantitative estimate of drug-likeness (QED) is 0.679. The zero-order valence-corrected chi connectivity index (χ0v) is 14.3. The summed E-state index contributed by atoms with van der Waals surface area (Å²) >= 11 is 0. The smallest absolute Gasteiger partial charge is 0.258 e. The SMILES string of the molecule is CCCCC[C@H]1CC[C@H](c2noc(-c3ccnc(C)c3)n2)CC1. The van der Waals surface area contributed by atoms with Gasteiger partial charge in [0.2, 0.25) is 0 Å². The predicted molar refractivity (Wildman–Crippen MR) is 91.1 cm³/mol. The Bertz CT molecular complexity index is 615. The first-order chi connectivity index (χ1) is 11.3. The van der Waals surface area contributed by atoms with Gasteiger partial charge < -0.3 is 4.52 Å². The summed E-state index contributed by atoms with van der Waals surface area (Å²) in [5.74, 6) is 2.89. The number of hydrogen-bond acceptors (Lipinski definition) is 4. The Morgan fingerprint density at radius 3 is 2.74 bits per heavy atom. The molecule has 0 aromatic carbocycles. The van der Waals surface area contributed by atoms with Crippen molar-refractivity contribution in [2.45, 2.75) is 71.1 Å². The van der Waals surface area contributed by atoms with E-state index in [0.717, 1.165) is 23.0 Å². The summed E-state index contributed by atoms with van der Waals surface area (Å²) in [5, 5.41) is 4.24. The fraction of sp³-hybridized carbons (Fsp3) is 0.632. The Labute approximate surface area is 138 Å². The fourth-order valence-electron chi connectivity index (χ4n) is 3.59. The molecule has 0 saturated heterocycles. The van der Waals surface area contributed by atoms with E-state index >= 15 is 0 Å². The summed E-state index contributed by atoms with van der Waals surface area (Å²) in [4.78, 5) is 8.85. The molecule has 0 atom stereocenters. The van der Waals surface area contributed by atoms with Gasteiger partial charge in [-0.1, -0.05) is 37.8 Å². The number of nitrogens with zero attached hydrogens (tertiary/aromatic N) is 3. The largest absolute Gasteiger partial charge is 0.334 e. The molecule has 0 amide bonds. The highest BCUT2D eigenvalue weighted by Crippen LogP contribution is 2.37. The van der Waals surface area contributed by atoms with Crippen LogP contribution < -0.4 is 0 Å². The Morgan fingerprint density at radius 1 is 1.17 bits per heavy atom. The molecule has 4 heteroatoms. The number of rotatable bonds is 6. The molecule has 2 aromatic rings. The molecule has 23 heavy (non-hydrogen) atoms. The third-order valence-electron chi connectivity index (χ3n) is 5.01. The molecule has 4 nitrogen and oxygen atoms in total. The highest BCUT2D eigenvalue weighted by Gasteiger charge is 2.25. The molecule has 2 aromatic heterocycles. The molecule has 1 fully saturated rings. The zero-order valence-electron chi connectivity index (χ0n) is 14.3. The molecule has 0 spiro atoms. The third kappa shape index (κ3) is 4.18. The van der Waals surface area contributed by atoms with Gasteiger partial charge >= 0.3 is 0 Å². The van der Waals surface area contributed by atoms with Crippen LogP contribution >= 0.6 is 0 Å². The molecule has 124 valence electrons. The third-order valence-corrected chi connectivity index (χ3v) is 5.01. The fourth-order valence-corrected chi connectivity index (χ4v) is 3.59. The maximum absolute atomic E-state index is 5.48. The van der Waals surface area contributed by atoms with E-state index in [-0.39, 0.29) is 0 Å². The lowest BCUT2D eigenvalue weighted by atomic mass is 9.79. The van der Waals surface area contributed by atoms with Gasteiger partial charge in [0.1, 0.15) is 0 Å². The molecule has 1 saturated carbocycles. The second-order valence-corrected chi connectivity index (χ2v) is 6.86. The second kappa shape index (κ2) is 7.71. The molecule has 0 radical (unpaired) electrons. The minimum atomic E-state index is 0.470. The zero-order chi connectivity index (χ0) is 16.1. The highest BCUT2D eigenvalue weighted by molar-refractivity contribution is 5.52. The Kier molecular flexibility index (Phi) is 5.42. The van der Waals surface area contributed by atoms with Gasteiger partial charge in [-0.3, -0.25) is 4.98 Å². The number of pyridine rings is 1. The predicted octanol–water partition coefficient (Wildman–Crippen LogP) is 5.29. The lowest BCUT2D eigenvalue weighted by molar-refractivity contribution is 0.292. The Balaban J connectivity index is 1.57. The highest BCUT2D eigenvalue weighted by atomic mass is 16.5. The summed E-state index contributed by atoms with van der Waals surface area (Å²) in [6.07, 6.45) is 12.3. The second-order valence-electron chi connectivity index (χ2n) is 6.86. The first kappa shape index (κ1) is 16.2. The van der Waals surface area contributed by atoms with Crippen molar-refractivity contribution in [1.82, 2.24) is 15.1 Å². The van der Waals surface area contributed by atoms with Crippen molar-refractivity contribution in [3.63, 3.8) is 0 Å². The van der Waals surface area contributed by atoms with Crippen molar-refractivity contribution in [1.29, 1.82) is 0 Å². The molecule has 1 aliphatic carbocycles. The summed E-state index contributed by atoms with van der Waals surface area (Å²) < 4.78 is 5.48.